The molecule has 2 atom stereocenters. The first-order valence-electron chi connectivity index (χ1n) is 9.29. The van der Waals surface area contributed by atoms with E-state index in [1.165, 1.54) is 11.8 Å². The number of carbonyl (C=O) groups is 2. The minimum Gasteiger partial charge on any atom is -0.496 e. The predicted molar refractivity (Wildman–Crippen MR) is 111 cm³/mol. The third kappa shape index (κ3) is 3.71. The van der Waals surface area contributed by atoms with E-state index in [-0.39, 0.29) is 17.8 Å². The van der Waals surface area contributed by atoms with E-state index in [4.69, 9.17) is 9.47 Å². The molecule has 2 heterocycles. The minimum absolute atomic E-state index is 0.0322. The third-order valence-electron chi connectivity index (χ3n) is 4.66. The first kappa shape index (κ1) is 20.2. The van der Waals surface area contributed by atoms with Gasteiger partial charge in [0, 0.05) is 5.56 Å². The van der Waals surface area contributed by atoms with Crippen molar-refractivity contribution < 1.29 is 19.1 Å². The number of fused-ring (bicyclic) bond motifs is 1. The molecular formula is C21H24N2O4S. The second kappa shape index (κ2) is 8.65. The summed E-state index contributed by atoms with van der Waals surface area (Å²) in [6.45, 7) is 5.77. The van der Waals surface area contributed by atoms with Gasteiger partial charge in [-0.3, -0.25) is 9.69 Å². The lowest BCUT2D eigenvalue weighted by molar-refractivity contribution is -0.139. The molecule has 2 aliphatic heterocycles. The topological polar surface area (TPSA) is 68.2 Å². The highest BCUT2D eigenvalue weighted by Gasteiger charge is 2.45. The Bertz CT molecular complexity index is 875. The minimum atomic E-state index is -0.562. The zero-order valence-electron chi connectivity index (χ0n) is 16.5. The molecule has 0 radical (unpaired) electrons. The summed E-state index contributed by atoms with van der Waals surface area (Å²) in [5.74, 6) is 0.237. The number of rotatable bonds is 6. The largest absolute Gasteiger partial charge is 0.496 e. The van der Waals surface area contributed by atoms with E-state index in [1.807, 2.05) is 43.3 Å². The van der Waals surface area contributed by atoms with Gasteiger partial charge in [-0.15, -0.1) is 0 Å². The van der Waals surface area contributed by atoms with Crippen molar-refractivity contribution in [3.05, 3.63) is 47.2 Å². The van der Waals surface area contributed by atoms with E-state index in [9.17, 15) is 9.59 Å². The Kier molecular flexibility index (Phi) is 6.24. The van der Waals surface area contributed by atoms with Crippen molar-refractivity contribution in [1.82, 2.24) is 4.90 Å². The van der Waals surface area contributed by atoms with Gasteiger partial charge >= 0.3 is 5.97 Å². The van der Waals surface area contributed by atoms with Crippen LogP contribution < -0.4 is 4.74 Å². The summed E-state index contributed by atoms with van der Waals surface area (Å²) in [5, 5.41) is 0.451. The van der Waals surface area contributed by atoms with Gasteiger partial charge < -0.3 is 9.47 Å². The molecule has 28 heavy (non-hydrogen) atoms. The third-order valence-corrected chi connectivity index (χ3v) is 5.98. The molecule has 0 N–H and O–H groups in total. The molecule has 3 rings (SSSR count). The Morgan fingerprint density at radius 2 is 2.07 bits per heavy atom. The molecule has 1 aromatic carbocycles. The Morgan fingerprint density at radius 1 is 1.32 bits per heavy atom. The number of hydrogen-bond acceptors (Lipinski definition) is 6. The fraction of sp³-hybridized carbons (Fsp3) is 0.381. The summed E-state index contributed by atoms with van der Waals surface area (Å²) in [6, 6.07) is 7.02. The molecule has 0 saturated carbocycles. The fourth-order valence-corrected chi connectivity index (χ4v) is 4.43. The number of para-hydroxylation sites is 1. The second-order valence-electron chi connectivity index (χ2n) is 6.38. The highest BCUT2D eigenvalue weighted by molar-refractivity contribution is 8.15. The number of amides is 1. The van der Waals surface area contributed by atoms with Crippen LogP contribution in [0.3, 0.4) is 0 Å². The average Bonchev–Trinajstić information content (AvgIpc) is 3.01. The summed E-state index contributed by atoms with van der Waals surface area (Å²) < 4.78 is 10.6. The number of amidine groups is 1. The number of hydrogen-bond donors (Lipinski definition) is 0. The van der Waals surface area contributed by atoms with Gasteiger partial charge in [-0.05, 0) is 26.3 Å². The summed E-state index contributed by atoms with van der Waals surface area (Å²) in [7, 11) is 1.61. The lowest BCUT2D eigenvalue weighted by atomic mass is 10.00. The van der Waals surface area contributed by atoms with Gasteiger partial charge in [-0.1, -0.05) is 49.0 Å². The standard InChI is InChI=1S/C21H24N2O4S/c1-5-17-19(24)23-15(12-11-14-9-7-8-10-16(14)26-4)18(20(25)27-6-2)13(3)22-21(23)28-17/h7-12,15,17H,5-6H2,1-4H3. The maximum Gasteiger partial charge on any atom is 0.338 e. The highest BCUT2D eigenvalue weighted by atomic mass is 32.2. The molecule has 0 spiro atoms. The maximum absolute atomic E-state index is 12.9. The van der Waals surface area contributed by atoms with Crippen LogP contribution in [0, 0.1) is 0 Å². The molecule has 148 valence electrons. The van der Waals surface area contributed by atoms with Crippen molar-refractivity contribution in [2.24, 2.45) is 4.99 Å². The van der Waals surface area contributed by atoms with Crippen LogP contribution in [0.4, 0.5) is 0 Å². The lowest BCUT2D eigenvalue weighted by Gasteiger charge is -2.30. The summed E-state index contributed by atoms with van der Waals surface area (Å²) in [6.07, 6.45) is 4.42. The number of nitrogens with zero attached hydrogens (tertiary/aromatic N) is 2. The van der Waals surface area contributed by atoms with E-state index in [0.29, 0.717) is 22.9 Å². The summed E-state index contributed by atoms with van der Waals surface area (Å²) in [4.78, 5) is 31.7. The average molecular weight is 401 g/mol. The maximum atomic E-state index is 12.9. The summed E-state index contributed by atoms with van der Waals surface area (Å²) >= 11 is 1.45. The molecule has 0 aliphatic carbocycles. The van der Waals surface area contributed by atoms with Crippen LogP contribution in [0.1, 0.15) is 32.8 Å². The van der Waals surface area contributed by atoms with E-state index in [1.54, 1.807) is 25.9 Å². The number of esters is 1. The van der Waals surface area contributed by atoms with Crippen LogP contribution in [0.2, 0.25) is 0 Å². The Labute approximate surface area is 169 Å². The second-order valence-corrected chi connectivity index (χ2v) is 7.55. The van der Waals surface area contributed by atoms with Crippen molar-refractivity contribution >= 4 is 34.9 Å². The van der Waals surface area contributed by atoms with Gasteiger partial charge in [-0.2, -0.15) is 0 Å². The van der Waals surface area contributed by atoms with Crippen LogP contribution in [0.15, 0.2) is 46.6 Å². The molecule has 2 unspecified atom stereocenters. The number of thioether (sulfide) groups is 1. The molecular weight excluding hydrogens is 376 g/mol. The van der Waals surface area contributed by atoms with Crippen LogP contribution in [-0.4, -0.2) is 47.0 Å². The highest BCUT2D eigenvalue weighted by Crippen LogP contribution is 2.38. The zero-order chi connectivity index (χ0) is 20.3. The lowest BCUT2D eigenvalue weighted by Crippen LogP contribution is -2.45. The molecule has 0 bridgehead atoms. The quantitative estimate of drug-likeness (QED) is 0.682. The van der Waals surface area contributed by atoms with Crippen LogP contribution >= 0.6 is 11.8 Å². The zero-order valence-corrected chi connectivity index (χ0v) is 17.3. The SMILES string of the molecule is CCOC(=O)C1=C(C)N=C2SC(CC)C(=O)N2C1C=Cc1ccccc1OC. The Balaban J connectivity index is 2.04. The number of aliphatic imine (C=N–C) groups is 1. The molecule has 1 fully saturated rings. The fourth-order valence-electron chi connectivity index (χ4n) is 3.28. The molecule has 1 saturated heterocycles. The number of methoxy groups -OCH3 is 1. The molecule has 2 aliphatic rings. The van der Waals surface area contributed by atoms with Crippen molar-refractivity contribution in [1.29, 1.82) is 0 Å². The molecule has 1 aromatic rings. The van der Waals surface area contributed by atoms with Gasteiger partial charge in [0.2, 0.25) is 5.91 Å². The van der Waals surface area contributed by atoms with Gasteiger partial charge in [0.25, 0.3) is 0 Å². The monoisotopic (exact) mass is 400 g/mol. The Hall–Kier alpha value is -2.54. The smallest absolute Gasteiger partial charge is 0.338 e. The van der Waals surface area contributed by atoms with Crippen LogP contribution in [0.5, 0.6) is 5.75 Å². The predicted octanol–water partition coefficient (Wildman–Crippen LogP) is 3.64. The molecule has 7 heteroatoms. The number of ether oxygens (including phenoxy) is 2. The van der Waals surface area contributed by atoms with Crippen molar-refractivity contribution in [2.45, 2.75) is 38.5 Å². The van der Waals surface area contributed by atoms with Crippen molar-refractivity contribution in [2.75, 3.05) is 13.7 Å². The summed E-state index contributed by atoms with van der Waals surface area (Å²) in [5.41, 5.74) is 1.83. The molecule has 1 amide bonds. The first-order valence-corrected chi connectivity index (χ1v) is 10.2. The van der Waals surface area contributed by atoms with E-state index >= 15 is 0 Å². The van der Waals surface area contributed by atoms with E-state index < -0.39 is 12.0 Å². The van der Waals surface area contributed by atoms with E-state index in [2.05, 4.69) is 4.99 Å². The van der Waals surface area contributed by atoms with Gasteiger partial charge in [0.1, 0.15) is 5.75 Å². The van der Waals surface area contributed by atoms with Gasteiger partial charge in [-0.25, -0.2) is 9.79 Å². The van der Waals surface area contributed by atoms with Crippen LogP contribution in [0.25, 0.3) is 6.08 Å². The number of allylic oxidation sites excluding steroid dienone is 1. The number of benzene rings is 1. The van der Waals surface area contributed by atoms with Crippen molar-refractivity contribution in [3.8, 4) is 5.75 Å². The Morgan fingerprint density at radius 3 is 2.75 bits per heavy atom. The molecule has 0 aromatic heterocycles. The van der Waals surface area contributed by atoms with Crippen molar-refractivity contribution in [3.63, 3.8) is 0 Å². The molecule has 6 nitrogen and oxygen atoms in total. The van der Waals surface area contributed by atoms with E-state index in [0.717, 1.165) is 11.3 Å². The first-order chi connectivity index (χ1) is 13.5. The normalized spacial score (nSPS) is 21.8. The van der Waals surface area contributed by atoms with Gasteiger partial charge in [0.05, 0.1) is 36.3 Å². The van der Waals surface area contributed by atoms with Crippen LogP contribution in [-0.2, 0) is 14.3 Å². The number of carbonyl (C=O) groups excluding carboxylic acids is 2. The van der Waals surface area contributed by atoms with Gasteiger partial charge in [0.15, 0.2) is 5.17 Å².